The highest BCUT2D eigenvalue weighted by molar-refractivity contribution is 6.04. The third kappa shape index (κ3) is 2.96. The fourth-order valence-electron chi connectivity index (χ4n) is 1.71. The van der Waals surface area contributed by atoms with Crippen molar-refractivity contribution in [1.82, 2.24) is 0 Å². The van der Waals surface area contributed by atoms with Gasteiger partial charge in [-0.1, -0.05) is 55.4 Å². The Morgan fingerprint density at radius 1 is 1.38 bits per heavy atom. The van der Waals surface area contributed by atoms with E-state index in [1.54, 1.807) is 7.11 Å². The minimum Gasteiger partial charge on any atom is -0.399 e. The smallest absolute Gasteiger partial charge is 0.106 e. The standard InChI is InChI=1S/C14H19NO/c1-5-11-14(2,3)13(15-16-4)12-9-7-6-8-10-12/h5-10H,1,11H2,2-4H3/b15-13-. The van der Waals surface area contributed by atoms with Crippen LogP contribution in [0.3, 0.4) is 0 Å². The summed E-state index contributed by atoms with van der Waals surface area (Å²) in [6.07, 6.45) is 2.78. The molecule has 1 aromatic carbocycles. The molecule has 0 aliphatic carbocycles. The summed E-state index contributed by atoms with van der Waals surface area (Å²) in [4.78, 5) is 4.94. The molecule has 0 aliphatic heterocycles. The molecule has 0 saturated carbocycles. The summed E-state index contributed by atoms with van der Waals surface area (Å²) in [6, 6.07) is 10.1. The molecule has 0 fully saturated rings. The maximum atomic E-state index is 4.94. The number of benzene rings is 1. The van der Waals surface area contributed by atoms with Crippen LogP contribution in [-0.4, -0.2) is 12.8 Å². The van der Waals surface area contributed by atoms with Crippen LogP contribution < -0.4 is 0 Å². The van der Waals surface area contributed by atoms with Crippen molar-refractivity contribution in [2.75, 3.05) is 7.11 Å². The van der Waals surface area contributed by atoms with Gasteiger partial charge < -0.3 is 4.84 Å². The Labute approximate surface area is 97.6 Å². The Hall–Kier alpha value is -1.57. The molecule has 0 unspecified atom stereocenters. The Kier molecular flexibility index (Phi) is 4.29. The molecule has 0 aliphatic rings. The summed E-state index contributed by atoms with van der Waals surface area (Å²) in [7, 11) is 1.58. The van der Waals surface area contributed by atoms with E-state index in [1.165, 1.54) is 0 Å². The normalized spacial score (nSPS) is 12.3. The highest BCUT2D eigenvalue weighted by Gasteiger charge is 2.25. The zero-order valence-electron chi connectivity index (χ0n) is 10.2. The first-order valence-corrected chi connectivity index (χ1v) is 5.40. The van der Waals surface area contributed by atoms with E-state index < -0.39 is 0 Å². The number of allylic oxidation sites excluding steroid dienone is 1. The summed E-state index contributed by atoms with van der Waals surface area (Å²) in [5, 5.41) is 4.15. The van der Waals surface area contributed by atoms with Crippen molar-refractivity contribution in [3.8, 4) is 0 Å². The van der Waals surface area contributed by atoms with Gasteiger partial charge in [0.15, 0.2) is 0 Å². The van der Waals surface area contributed by atoms with Crippen molar-refractivity contribution in [2.45, 2.75) is 20.3 Å². The monoisotopic (exact) mass is 217 g/mol. The molecule has 2 nitrogen and oxygen atoms in total. The molecule has 1 aromatic rings. The minimum atomic E-state index is -0.0703. The van der Waals surface area contributed by atoms with E-state index in [2.05, 4.69) is 25.6 Å². The summed E-state index contributed by atoms with van der Waals surface area (Å²) in [5.41, 5.74) is 1.98. The first-order valence-electron chi connectivity index (χ1n) is 5.40. The quantitative estimate of drug-likeness (QED) is 0.419. The van der Waals surface area contributed by atoms with Crippen molar-refractivity contribution in [3.05, 3.63) is 48.6 Å². The molecule has 0 saturated heterocycles. The Balaban J connectivity index is 3.10. The van der Waals surface area contributed by atoms with E-state index in [1.807, 2.05) is 36.4 Å². The van der Waals surface area contributed by atoms with E-state index in [4.69, 9.17) is 4.84 Å². The van der Waals surface area contributed by atoms with Gasteiger partial charge in [0, 0.05) is 5.41 Å². The molecule has 1 rings (SSSR count). The summed E-state index contributed by atoms with van der Waals surface area (Å²) in [5.74, 6) is 0. The van der Waals surface area contributed by atoms with E-state index in [0.717, 1.165) is 17.7 Å². The Morgan fingerprint density at radius 3 is 2.50 bits per heavy atom. The number of oxime groups is 1. The van der Waals surface area contributed by atoms with Gasteiger partial charge in [0.2, 0.25) is 0 Å². The average molecular weight is 217 g/mol. The van der Waals surface area contributed by atoms with Crippen LogP contribution in [0.5, 0.6) is 0 Å². The molecule has 0 bridgehead atoms. The fraction of sp³-hybridized carbons (Fsp3) is 0.357. The van der Waals surface area contributed by atoms with Gasteiger partial charge in [0.25, 0.3) is 0 Å². The second-order valence-corrected chi connectivity index (χ2v) is 4.37. The zero-order valence-corrected chi connectivity index (χ0v) is 10.2. The molecule has 0 N–H and O–H groups in total. The lowest BCUT2D eigenvalue weighted by atomic mass is 9.80. The van der Waals surface area contributed by atoms with Gasteiger partial charge in [-0.25, -0.2) is 0 Å². The maximum Gasteiger partial charge on any atom is 0.106 e. The van der Waals surface area contributed by atoms with E-state index in [0.29, 0.717) is 0 Å². The predicted molar refractivity (Wildman–Crippen MR) is 68.6 cm³/mol. The summed E-state index contributed by atoms with van der Waals surface area (Å²) in [6.45, 7) is 8.06. The van der Waals surface area contributed by atoms with Crippen molar-refractivity contribution in [3.63, 3.8) is 0 Å². The highest BCUT2D eigenvalue weighted by Crippen LogP contribution is 2.27. The van der Waals surface area contributed by atoms with Gasteiger partial charge in [-0.05, 0) is 12.0 Å². The predicted octanol–water partition coefficient (Wildman–Crippen LogP) is 3.64. The van der Waals surface area contributed by atoms with Gasteiger partial charge in [0.1, 0.15) is 7.11 Å². The summed E-state index contributed by atoms with van der Waals surface area (Å²) < 4.78 is 0. The Bertz CT molecular complexity index is 366. The molecule has 2 heteroatoms. The molecule has 0 radical (unpaired) electrons. The third-order valence-corrected chi connectivity index (χ3v) is 2.53. The van der Waals surface area contributed by atoms with E-state index >= 15 is 0 Å². The second-order valence-electron chi connectivity index (χ2n) is 4.37. The summed E-state index contributed by atoms with van der Waals surface area (Å²) >= 11 is 0. The minimum absolute atomic E-state index is 0.0703. The molecule has 86 valence electrons. The van der Waals surface area contributed by atoms with Crippen LogP contribution in [0.15, 0.2) is 48.1 Å². The van der Waals surface area contributed by atoms with Gasteiger partial charge in [-0.2, -0.15) is 0 Å². The van der Waals surface area contributed by atoms with Crippen molar-refractivity contribution in [2.24, 2.45) is 10.6 Å². The van der Waals surface area contributed by atoms with Crippen molar-refractivity contribution >= 4 is 5.71 Å². The first kappa shape index (κ1) is 12.5. The molecular weight excluding hydrogens is 198 g/mol. The lowest BCUT2D eigenvalue weighted by Gasteiger charge is -2.24. The van der Waals surface area contributed by atoms with Crippen LogP contribution in [0.25, 0.3) is 0 Å². The van der Waals surface area contributed by atoms with Crippen molar-refractivity contribution < 1.29 is 4.84 Å². The van der Waals surface area contributed by atoms with Crippen LogP contribution >= 0.6 is 0 Å². The van der Waals surface area contributed by atoms with Crippen molar-refractivity contribution in [1.29, 1.82) is 0 Å². The number of rotatable bonds is 5. The molecule has 0 atom stereocenters. The second kappa shape index (κ2) is 5.50. The highest BCUT2D eigenvalue weighted by atomic mass is 16.6. The van der Waals surface area contributed by atoms with Gasteiger partial charge in [-0.15, -0.1) is 6.58 Å². The van der Waals surface area contributed by atoms with Crippen LogP contribution in [0.1, 0.15) is 25.8 Å². The van der Waals surface area contributed by atoms with Gasteiger partial charge in [-0.3, -0.25) is 0 Å². The SMILES string of the molecule is C=CCC(C)(C)/C(=N\OC)c1ccccc1. The van der Waals surface area contributed by atoms with Crippen LogP contribution in [-0.2, 0) is 4.84 Å². The first-order chi connectivity index (χ1) is 7.61. The zero-order chi connectivity index (χ0) is 12.0. The molecular formula is C14H19NO. The topological polar surface area (TPSA) is 21.6 Å². The molecule has 0 aromatic heterocycles. The number of nitrogens with zero attached hydrogens (tertiary/aromatic N) is 1. The number of hydrogen-bond donors (Lipinski definition) is 0. The lowest BCUT2D eigenvalue weighted by molar-refractivity contribution is 0.209. The molecule has 16 heavy (non-hydrogen) atoms. The van der Waals surface area contributed by atoms with Gasteiger partial charge >= 0.3 is 0 Å². The lowest BCUT2D eigenvalue weighted by Crippen LogP contribution is -2.25. The molecule has 0 heterocycles. The maximum absolute atomic E-state index is 4.94. The molecule has 0 amide bonds. The largest absolute Gasteiger partial charge is 0.399 e. The third-order valence-electron chi connectivity index (χ3n) is 2.53. The number of hydrogen-bond acceptors (Lipinski definition) is 2. The Morgan fingerprint density at radius 2 is 2.00 bits per heavy atom. The average Bonchev–Trinajstić information content (AvgIpc) is 2.27. The molecule has 0 spiro atoms. The van der Waals surface area contributed by atoms with Crippen LogP contribution in [0.4, 0.5) is 0 Å². The van der Waals surface area contributed by atoms with E-state index in [9.17, 15) is 0 Å². The fourth-order valence-corrected chi connectivity index (χ4v) is 1.71. The van der Waals surface area contributed by atoms with Gasteiger partial charge in [0.05, 0.1) is 5.71 Å². The van der Waals surface area contributed by atoms with Crippen LogP contribution in [0, 0.1) is 5.41 Å². The van der Waals surface area contributed by atoms with E-state index in [-0.39, 0.29) is 5.41 Å². The van der Waals surface area contributed by atoms with Crippen LogP contribution in [0.2, 0.25) is 0 Å².